The number of carbonyl (C=O) groups excluding carboxylic acids is 3. The van der Waals surface area contributed by atoms with Gasteiger partial charge in [-0.15, -0.1) is 0 Å². The molecule has 0 aliphatic carbocycles. The summed E-state index contributed by atoms with van der Waals surface area (Å²) >= 11 is 0. The molecule has 0 aliphatic rings. The zero-order valence-electron chi connectivity index (χ0n) is 22.5. The average molecular weight is 485 g/mol. The summed E-state index contributed by atoms with van der Waals surface area (Å²) in [5.41, 5.74) is -1.95. The van der Waals surface area contributed by atoms with Gasteiger partial charge >= 0.3 is 17.9 Å². The Morgan fingerprint density at radius 3 is 1.85 bits per heavy atom. The molecule has 2 unspecified atom stereocenters. The molecule has 34 heavy (non-hydrogen) atoms. The number of carboxylic acids is 1. The maximum absolute atomic E-state index is 13.2. The van der Waals surface area contributed by atoms with E-state index < -0.39 is 23.0 Å². The van der Waals surface area contributed by atoms with E-state index in [0.29, 0.717) is 44.4 Å². The highest BCUT2D eigenvalue weighted by atomic mass is 16.6. The quantitative estimate of drug-likeness (QED) is 0.139. The van der Waals surface area contributed by atoms with E-state index in [1.165, 1.54) is 13.8 Å². The third-order valence-corrected chi connectivity index (χ3v) is 5.98. The van der Waals surface area contributed by atoms with Crippen molar-refractivity contribution in [1.82, 2.24) is 0 Å². The van der Waals surface area contributed by atoms with Gasteiger partial charge in [0.1, 0.15) is 22.9 Å². The van der Waals surface area contributed by atoms with Crippen LogP contribution in [-0.4, -0.2) is 40.5 Å². The molecular formula is C27H48O7. The lowest BCUT2D eigenvalue weighted by molar-refractivity contribution is -0.171. The highest BCUT2D eigenvalue weighted by Gasteiger charge is 2.45. The van der Waals surface area contributed by atoms with Crippen LogP contribution >= 0.6 is 0 Å². The fraction of sp³-hybridized carbons (Fsp3) is 0.852. The number of carbonyl (C=O) groups is 4. The SMILES string of the molecule is CC(=O)OC(CCCC(C)C)CCCC(CCCCCCC(=O)O)(C(C)=O)C(=O)OC(C)(C)C. The van der Waals surface area contributed by atoms with Gasteiger partial charge in [-0.2, -0.15) is 0 Å². The second-order valence-electron chi connectivity index (χ2n) is 10.9. The lowest BCUT2D eigenvalue weighted by Crippen LogP contribution is -2.43. The summed E-state index contributed by atoms with van der Waals surface area (Å²) in [6.45, 7) is 12.5. The fourth-order valence-electron chi connectivity index (χ4n) is 4.14. The summed E-state index contributed by atoms with van der Waals surface area (Å²) in [7, 11) is 0. The van der Waals surface area contributed by atoms with Crippen LogP contribution in [0.25, 0.3) is 0 Å². The smallest absolute Gasteiger partial charge is 0.320 e. The van der Waals surface area contributed by atoms with Crippen molar-refractivity contribution in [1.29, 1.82) is 0 Å². The van der Waals surface area contributed by atoms with Crippen molar-refractivity contribution in [3.63, 3.8) is 0 Å². The third kappa shape index (κ3) is 14.4. The third-order valence-electron chi connectivity index (χ3n) is 5.98. The van der Waals surface area contributed by atoms with Crippen molar-refractivity contribution < 1.29 is 33.8 Å². The van der Waals surface area contributed by atoms with E-state index in [2.05, 4.69) is 13.8 Å². The highest BCUT2D eigenvalue weighted by Crippen LogP contribution is 2.36. The van der Waals surface area contributed by atoms with Gasteiger partial charge in [-0.05, 0) is 78.6 Å². The van der Waals surface area contributed by atoms with E-state index in [1.807, 2.05) is 0 Å². The first-order valence-electron chi connectivity index (χ1n) is 12.8. The summed E-state index contributed by atoms with van der Waals surface area (Å²) in [5.74, 6) is -1.27. The number of ether oxygens (including phenoxy) is 2. The predicted molar refractivity (Wildman–Crippen MR) is 132 cm³/mol. The van der Waals surface area contributed by atoms with Crippen molar-refractivity contribution in [3.05, 3.63) is 0 Å². The molecule has 0 amide bonds. The summed E-state index contributed by atoms with van der Waals surface area (Å²) in [5, 5.41) is 8.79. The Morgan fingerprint density at radius 2 is 1.35 bits per heavy atom. The minimum absolute atomic E-state index is 0.123. The van der Waals surface area contributed by atoms with Crippen molar-refractivity contribution in [2.45, 2.75) is 137 Å². The van der Waals surface area contributed by atoms with Crippen molar-refractivity contribution in [2.75, 3.05) is 0 Å². The van der Waals surface area contributed by atoms with Crippen LogP contribution in [0.3, 0.4) is 0 Å². The highest BCUT2D eigenvalue weighted by molar-refractivity contribution is 6.02. The van der Waals surface area contributed by atoms with Gasteiger partial charge in [0.15, 0.2) is 0 Å². The molecule has 7 nitrogen and oxygen atoms in total. The van der Waals surface area contributed by atoms with Crippen molar-refractivity contribution in [2.24, 2.45) is 11.3 Å². The molecule has 0 aliphatic heterocycles. The van der Waals surface area contributed by atoms with Gasteiger partial charge in [0.25, 0.3) is 0 Å². The molecule has 0 bridgehead atoms. The van der Waals surface area contributed by atoms with Crippen LogP contribution in [0.1, 0.15) is 126 Å². The molecule has 0 saturated heterocycles. The topological polar surface area (TPSA) is 107 Å². The molecule has 0 aromatic heterocycles. The normalized spacial score (nSPS) is 14.4. The van der Waals surface area contributed by atoms with E-state index in [1.54, 1.807) is 20.8 Å². The number of hydrogen-bond acceptors (Lipinski definition) is 6. The molecule has 1 N–H and O–H groups in total. The van der Waals surface area contributed by atoms with Gasteiger partial charge in [0, 0.05) is 13.3 Å². The van der Waals surface area contributed by atoms with Crippen LogP contribution in [0.15, 0.2) is 0 Å². The molecule has 0 aromatic carbocycles. The van der Waals surface area contributed by atoms with Gasteiger partial charge in [0.2, 0.25) is 0 Å². The minimum Gasteiger partial charge on any atom is -0.481 e. The molecule has 2 atom stereocenters. The van der Waals surface area contributed by atoms with E-state index in [9.17, 15) is 19.2 Å². The Bertz CT molecular complexity index is 648. The van der Waals surface area contributed by atoms with Gasteiger partial charge in [-0.3, -0.25) is 19.2 Å². The summed E-state index contributed by atoms with van der Waals surface area (Å²) < 4.78 is 11.2. The molecule has 0 saturated carbocycles. The van der Waals surface area contributed by atoms with Crippen LogP contribution in [0.4, 0.5) is 0 Å². The fourth-order valence-corrected chi connectivity index (χ4v) is 4.14. The van der Waals surface area contributed by atoms with Crippen LogP contribution in [0.2, 0.25) is 0 Å². The summed E-state index contributed by atoms with van der Waals surface area (Å²) in [6, 6.07) is 0. The number of ketones is 1. The standard InChI is InChI=1S/C27H48O7/c1-20(2)14-12-15-23(33-22(4)29)16-13-19-27(21(3)28,25(32)34-26(5,6)7)18-11-9-8-10-17-24(30)31/h20,23H,8-19H2,1-7H3,(H,30,31). The largest absolute Gasteiger partial charge is 0.481 e. The first kappa shape index (κ1) is 32.1. The Balaban J connectivity index is 5.29. The number of carboxylic acid groups (broad SMARTS) is 1. The molecule has 0 fully saturated rings. The number of hydrogen-bond donors (Lipinski definition) is 1. The number of esters is 2. The lowest BCUT2D eigenvalue weighted by Gasteiger charge is -2.33. The first-order valence-corrected chi connectivity index (χ1v) is 12.8. The van der Waals surface area contributed by atoms with Gasteiger partial charge in [-0.25, -0.2) is 0 Å². The van der Waals surface area contributed by atoms with Crippen LogP contribution < -0.4 is 0 Å². The minimum atomic E-state index is -1.24. The van der Waals surface area contributed by atoms with E-state index in [-0.39, 0.29) is 24.3 Å². The number of rotatable bonds is 18. The second kappa shape index (κ2) is 15.9. The first-order chi connectivity index (χ1) is 15.7. The van der Waals surface area contributed by atoms with Gasteiger partial charge in [0.05, 0.1) is 0 Å². The molecule has 0 radical (unpaired) electrons. The van der Waals surface area contributed by atoms with Gasteiger partial charge < -0.3 is 14.6 Å². The van der Waals surface area contributed by atoms with Crippen molar-refractivity contribution in [3.8, 4) is 0 Å². The second-order valence-corrected chi connectivity index (χ2v) is 10.9. The predicted octanol–water partition coefficient (Wildman–Crippen LogP) is 6.26. The Labute approximate surface area is 206 Å². The number of Topliss-reactive ketones (excluding diaryl/α,β-unsaturated/α-hetero) is 1. The molecule has 0 rings (SSSR count). The van der Waals surface area contributed by atoms with Crippen LogP contribution in [-0.2, 0) is 28.7 Å². The number of aliphatic carboxylic acids is 1. The molecule has 0 aromatic rings. The Hall–Kier alpha value is -1.92. The van der Waals surface area contributed by atoms with Gasteiger partial charge in [-0.1, -0.05) is 39.5 Å². The molecular weight excluding hydrogens is 436 g/mol. The molecule has 0 heterocycles. The van der Waals surface area contributed by atoms with E-state index >= 15 is 0 Å². The zero-order valence-corrected chi connectivity index (χ0v) is 22.5. The lowest BCUT2D eigenvalue weighted by atomic mass is 9.74. The summed E-state index contributed by atoms with van der Waals surface area (Å²) in [4.78, 5) is 48.3. The maximum atomic E-state index is 13.2. The summed E-state index contributed by atoms with van der Waals surface area (Å²) in [6.07, 6.45) is 7.24. The van der Waals surface area contributed by atoms with Crippen molar-refractivity contribution >= 4 is 23.7 Å². The maximum Gasteiger partial charge on any atom is 0.320 e. The average Bonchev–Trinajstić information content (AvgIpc) is 2.66. The molecule has 0 spiro atoms. The van der Waals surface area contributed by atoms with E-state index in [4.69, 9.17) is 14.6 Å². The molecule has 198 valence electrons. The number of unbranched alkanes of at least 4 members (excludes halogenated alkanes) is 3. The van der Waals surface area contributed by atoms with E-state index in [0.717, 1.165) is 32.1 Å². The Morgan fingerprint density at radius 1 is 0.794 bits per heavy atom. The molecule has 7 heteroatoms. The Kier molecular flexibility index (Phi) is 15.0. The zero-order chi connectivity index (χ0) is 26.4. The van der Waals surface area contributed by atoms with Crippen LogP contribution in [0.5, 0.6) is 0 Å². The van der Waals surface area contributed by atoms with Crippen LogP contribution in [0, 0.1) is 11.3 Å². The monoisotopic (exact) mass is 484 g/mol.